The fourth-order valence-electron chi connectivity index (χ4n) is 2.30. The van der Waals surface area contributed by atoms with Crippen molar-refractivity contribution in [2.75, 3.05) is 24.5 Å². The number of rotatable bonds is 8. The molecule has 2 nitrogen and oxygen atoms in total. The van der Waals surface area contributed by atoms with Crippen molar-refractivity contribution < 1.29 is 0 Å². The van der Waals surface area contributed by atoms with Crippen LogP contribution in [0.3, 0.4) is 0 Å². The predicted molar refractivity (Wildman–Crippen MR) is 92.2 cm³/mol. The third kappa shape index (κ3) is 4.85. The standard InChI is InChI=1S/C17H25BrN2/c1-5-10-19-14(4)16-13-15(18)8-9-17(16)20(11-6-2)12-7-3/h2,8-9,13-14,19H,5,7,10-12H2,1,3-4H3. The van der Waals surface area contributed by atoms with Crippen LogP contribution < -0.4 is 10.2 Å². The highest BCUT2D eigenvalue weighted by atomic mass is 79.9. The van der Waals surface area contributed by atoms with Gasteiger partial charge in [-0.15, -0.1) is 6.42 Å². The second-order valence-corrected chi connectivity index (χ2v) is 5.92. The molecule has 0 saturated carbocycles. The maximum atomic E-state index is 5.52. The molecule has 1 unspecified atom stereocenters. The summed E-state index contributed by atoms with van der Waals surface area (Å²) in [6.07, 6.45) is 7.74. The number of nitrogens with one attached hydrogen (secondary N) is 1. The highest BCUT2D eigenvalue weighted by molar-refractivity contribution is 9.10. The molecule has 3 heteroatoms. The Bertz CT molecular complexity index is 451. The van der Waals surface area contributed by atoms with Gasteiger partial charge in [0, 0.05) is 22.7 Å². The summed E-state index contributed by atoms with van der Waals surface area (Å²) in [5.74, 6) is 2.77. The van der Waals surface area contributed by atoms with Crippen LogP contribution in [-0.2, 0) is 0 Å². The van der Waals surface area contributed by atoms with Crippen LogP contribution in [0.5, 0.6) is 0 Å². The molecular formula is C17H25BrN2. The molecule has 0 aliphatic heterocycles. The molecule has 1 rings (SSSR count). The van der Waals surface area contributed by atoms with E-state index in [1.165, 1.54) is 11.3 Å². The minimum Gasteiger partial charge on any atom is -0.360 e. The fraction of sp³-hybridized carbons (Fsp3) is 0.529. The molecule has 0 bridgehead atoms. The van der Waals surface area contributed by atoms with Crippen LogP contribution in [0.4, 0.5) is 5.69 Å². The Morgan fingerprint density at radius 2 is 2.10 bits per heavy atom. The largest absolute Gasteiger partial charge is 0.360 e. The normalized spacial score (nSPS) is 11.9. The molecule has 0 aromatic heterocycles. The van der Waals surface area contributed by atoms with Gasteiger partial charge in [0.25, 0.3) is 0 Å². The lowest BCUT2D eigenvalue weighted by Gasteiger charge is -2.27. The molecule has 0 saturated heterocycles. The van der Waals surface area contributed by atoms with Gasteiger partial charge in [-0.1, -0.05) is 35.7 Å². The summed E-state index contributed by atoms with van der Waals surface area (Å²) in [5, 5.41) is 3.56. The maximum Gasteiger partial charge on any atom is 0.0791 e. The molecule has 1 atom stereocenters. The fourth-order valence-corrected chi connectivity index (χ4v) is 2.67. The number of hydrogen-bond donors (Lipinski definition) is 1. The predicted octanol–water partition coefficient (Wildman–Crippen LogP) is 4.36. The molecule has 0 spiro atoms. The van der Waals surface area contributed by atoms with Gasteiger partial charge in [0.1, 0.15) is 0 Å². The number of anilines is 1. The first-order chi connectivity index (χ1) is 9.63. The molecule has 110 valence electrons. The van der Waals surface area contributed by atoms with E-state index in [9.17, 15) is 0 Å². The van der Waals surface area contributed by atoms with Gasteiger partial charge in [0.15, 0.2) is 0 Å². The number of hydrogen-bond acceptors (Lipinski definition) is 2. The zero-order valence-electron chi connectivity index (χ0n) is 12.7. The van der Waals surface area contributed by atoms with E-state index in [1.54, 1.807) is 0 Å². The molecule has 0 amide bonds. The smallest absolute Gasteiger partial charge is 0.0791 e. The van der Waals surface area contributed by atoms with Crippen molar-refractivity contribution in [2.24, 2.45) is 0 Å². The van der Waals surface area contributed by atoms with E-state index in [0.717, 1.165) is 30.4 Å². The lowest BCUT2D eigenvalue weighted by molar-refractivity contribution is 0.569. The van der Waals surface area contributed by atoms with Crippen molar-refractivity contribution in [1.82, 2.24) is 5.32 Å². The lowest BCUT2D eigenvalue weighted by Crippen LogP contribution is -2.28. The second-order valence-electron chi connectivity index (χ2n) is 5.00. The quantitative estimate of drug-likeness (QED) is 0.709. The summed E-state index contributed by atoms with van der Waals surface area (Å²) in [5.41, 5.74) is 2.54. The zero-order valence-corrected chi connectivity index (χ0v) is 14.3. The molecule has 1 N–H and O–H groups in total. The van der Waals surface area contributed by atoms with Gasteiger partial charge >= 0.3 is 0 Å². The second kappa shape index (κ2) is 9.05. The summed E-state index contributed by atoms with van der Waals surface area (Å²) < 4.78 is 1.11. The number of benzene rings is 1. The third-order valence-corrected chi connectivity index (χ3v) is 3.77. The first-order valence-electron chi connectivity index (χ1n) is 7.35. The minimum atomic E-state index is 0.319. The zero-order chi connectivity index (χ0) is 15.0. The van der Waals surface area contributed by atoms with Gasteiger partial charge in [-0.2, -0.15) is 0 Å². The Morgan fingerprint density at radius 3 is 2.70 bits per heavy atom. The van der Waals surface area contributed by atoms with Gasteiger partial charge in [-0.3, -0.25) is 0 Å². The van der Waals surface area contributed by atoms with Crippen molar-refractivity contribution in [1.29, 1.82) is 0 Å². The van der Waals surface area contributed by atoms with Crippen molar-refractivity contribution >= 4 is 21.6 Å². The summed E-state index contributed by atoms with van der Waals surface area (Å²) >= 11 is 3.57. The van der Waals surface area contributed by atoms with Crippen molar-refractivity contribution in [3.8, 4) is 12.3 Å². The number of nitrogens with zero attached hydrogens (tertiary/aromatic N) is 1. The van der Waals surface area contributed by atoms with Gasteiger partial charge in [0.2, 0.25) is 0 Å². The highest BCUT2D eigenvalue weighted by Crippen LogP contribution is 2.29. The van der Waals surface area contributed by atoms with Gasteiger partial charge in [0.05, 0.1) is 6.54 Å². The van der Waals surface area contributed by atoms with E-state index in [0.29, 0.717) is 12.6 Å². The molecule has 1 aromatic carbocycles. The van der Waals surface area contributed by atoms with E-state index in [2.05, 4.69) is 71.0 Å². The third-order valence-electron chi connectivity index (χ3n) is 3.27. The van der Waals surface area contributed by atoms with Crippen LogP contribution in [-0.4, -0.2) is 19.6 Å². The average Bonchev–Trinajstić information content (AvgIpc) is 2.44. The SMILES string of the molecule is C#CCN(CCC)c1ccc(Br)cc1C(C)NCCC. The summed E-state index contributed by atoms with van der Waals surface area (Å²) in [6, 6.07) is 6.77. The van der Waals surface area contributed by atoms with Gasteiger partial charge < -0.3 is 10.2 Å². The van der Waals surface area contributed by atoms with Crippen LogP contribution in [0.2, 0.25) is 0 Å². The van der Waals surface area contributed by atoms with E-state index < -0.39 is 0 Å². The van der Waals surface area contributed by atoms with Crippen molar-refractivity contribution in [3.05, 3.63) is 28.2 Å². The minimum absolute atomic E-state index is 0.319. The Labute approximate surface area is 132 Å². The molecular weight excluding hydrogens is 312 g/mol. The van der Waals surface area contributed by atoms with E-state index >= 15 is 0 Å². The molecule has 0 aliphatic rings. The molecule has 0 fully saturated rings. The number of terminal acetylenes is 1. The maximum absolute atomic E-state index is 5.52. The Kier molecular flexibility index (Phi) is 7.72. The van der Waals surface area contributed by atoms with E-state index in [1.807, 2.05) is 0 Å². The highest BCUT2D eigenvalue weighted by Gasteiger charge is 2.15. The first-order valence-corrected chi connectivity index (χ1v) is 8.14. The average molecular weight is 337 g/mol. The van der Waals surface area contributed by atoms with Crippen LogP contribution in [0.15, 0.2) is 22.7 Å². The molecule has 0 aliphatic carbocycles. The topological polar surface area (TPSA) is 15.3 Å². The summed E-state index contributed by atoms with van der Waals surface area (Å²) in [4.78, 5) is 2.28. The summed E-state index contributed by atoms with van der Waals surface area (Å²) in [6.45, 7) is 9.24. The van der Waals surface area contributed by atoms with Crippen molar-refractivity contribution in [3.63, 3.8) is 0 Å². The van der Waals surface area contributed by atoms with Crippen LogP contribution in [0.1, 0.15) is 45.2 Å². The van der Waals surface area contributed by atoms with Crippen LogP contribution >= 0.6 is 15.9 Å². The Morgan fingerprint density at radius 1 is 1.35 bits per heavy atom. The number of halogens is 1. The molecule has 0 heterocycles. The molecule has 20 heavy (non-hydrogen) atoms. The van der Waals surface area contributed by atoms with Gasteiger partial charge in [-0.25, -0.2) is 0 Å². The van der Waals surface area contributed by atoms with Crippen LogP contribution in [0.25, 0.3) is 0 Å². The molecule has 0 radical (unpaired) electrons. The summed E-state index contributed by atoms with van der Waals surface area (Å²) in [7, 11) is 0. The Balaban J connectivity index is 3.07. The van der Waals surface area contributed by atoms with Gasteiger partial charge in [-0.05, 0) is 50.1 Å². The van der Waals surface area contributed by atoms with Crippen molar-refractivity contribution in [2.45, 2.75) is 39.7 Å². The Hall–Kier alpha value is -0.980. The van der Waals surface area contributed by atoms with Crippen LogP contribution in [0, 0.1) is 12.3 Å². The van der Waals surface area contributed by atoms with E-state index in [4.69, 9.17) is 6.42 Å². The molecule has 1 aromatic rings. The monoisotopic (exact) mass is 336 g/mol. The van der Waals surface area contributed by atoms with E-state index in [-0.39, 0.29) is 0 Å². The lowest BCUT2D eigenvalue weighted by atomic mass is 10.0. The first kappa shape index (κ1) is 17.1.